The summed E-state index contributed by atoms with van der Waals surface area (Å²) in [6.07, 6.45) is 2.43. The fourth-order valence-corrected chi connectivity index (χ4v) is 4.83. The highest BCUT2D eigenvalue weighted by molar-refractivity contribution is 5.90. The zero-order valence-corrected chi connectivity index (χ0v) is 16.8. The lowest BCUT2D eigenvalue weighted by Gasteiger charge is -2.28. The number of rotatable bonds is 6. The van der Waals surface area contributed by atoms with Crippen molar-refractivity contribution in [2.75, 3.05) is 45.9 Å². The molecule has 28 heavy (non-hydrogen) atoms. The van der Waals surface area contributed by atoms with Crippen LogP contribution in [0.2, 0.25) is 0 Å². The van der Waals surface area contributed by atoms with Gasteiger partial charge in [0.1, 0.15) is 11.5 Å². The lowest BCUT2D eigenvalue weighted by atomic mass is 9.93. The molecule has 3 aliphatic heterocycles. The number of amides is 1. The molecule has 0 aromatic carbocycles. The van der Waals surface area contributed by atoms with Crippen LogP contribution in [0.25, 0.3) is 0 Å². The number of hydrogen-bond donors (Lipinski definition) is 0. The zero-order valence-electron chi connectivity index (χ0n) is 16.8. The van der Waals surface area contributed by atoms with Crippen LogP contribution >= 0.6 is 0 Å². The Kier molecular flexibility index (Phi) is 5.25. The van der Waals surface area contributed by atoms with E-state index in [2.05, 4.69) is 0 Å². The van der Waals surface area contributed by atoms with E-state index in [1.807, 2.05) is 26.0 Å². The second kappa shape index (κ2) is 7.41. The van der Waals surface area contributed by atoms with Crippen LogP contribution in [0.5, 0.6) is 0 Å². The molecule has 4 rings (SSSR count). The Morgan fingerprint density at radius 3 is 2.61 bits per heavy atom. The van der Waals surface area contributed by atoms with E-state index in [0.717, 1.165) is 30.8 Å². The molecule has 0 spiro atoms. The maximum absolute atomic E-state index is 15.5. The number of fused-ring (bicyclic) bond motifs is 1. The quantitative estimate of drug-likeness (QED) is 0.741. The minimum absolute atomic E-state index is 0.0244. The van der Waals surface area contributed by atoms with E-state index in [0.29, 0.717) is 26.3 Å². The first-order valence-corrected chi connectivity index (χ1v) is 10.3. The van der Waals surface area contributed by atoms with Crippen LogP contribution in [-0.4, -0.2) is 73.0 Å². The number of carbonyl (C=O) groups is 1. The van der Waals surface area contributed by atoms with Crippen LogP contribution in [0, 0.1) is 12.8 Å². The monoisotopic (exact) mass is 396 g/mol. The van der Waals surface area contributed by atoms with Crippen LogP contribution in [0.4, 0.5) is 8.78 Å². The SMILES string of the molecule is Cc1ccc([C@@H](C)CCN2C[C@]3(F)CN(CC4CCOCC4)C(=O)[C@]3(F)C2)o1. The van der Waals surface area contributed by atoms with Crippen LogP contribution < -0.4 is 0 Å². The molecule has 3 atom stereocenters. The second-order valence-corrected chi connectivity index (χ2v) is 8.86. The van der Waals surface area contributed by atoms with E-state index in [9.17, 15) is 4.79 Å². The largest absolute Gasteiger partial charge is 0.466 e. The van der Waals surface area contributed by atoms with Gasteiger partial charge in [-0.25, -0.2) is 8.78 Å². The molecule has 5 nitrogen and oxygen atoms in total. The van der Waals surface area contributed by atoms with Gasteiger partial charge in [0.05, 0.1) is 6.54 Å². The zero-order chi connectivity index (χ0) is 19.9. The summed E-state index contributed by atoms with van der Waals surface area (Å²) in [6, 6.07) is 3.87. The molecule has 156 valence electrons. The molecule has 3 fully saturated rings. The van der Waals surface area contributed by atoms with Gasteiger partial charge in [-0.3, -0.25) is 9.69 Å². The highest BCUT2D eigenvalue weighted by Crippen LogP contribution is 2.46. The van der Waals surface area contributed by atoms with Gasteiger partial charge in [-0.15, -0.1) is 0 Å². The van der Waals surface area contributed by atoms with Gasteiger partial charge in [0.15, 0.2) is 5.67 Å². The van der Waals surface area contributed by atoms with Crippen molar-refractivity contribution in [2.45, 2.75) is 50.4 Å². The normalized spacial score (nSPS) is 32.9. The average molecular weight is 396 g/mol. The number of nitrogens with zero attached hydrogens (tertiary/aromatic N) is 2. The van der Waals surface area contributed by atoms with Crippen LogP contribution in [0.15, 0.2) is 16.5 Å². The molecule has 4 heterocycles. The first kappa shape index (κ1) is 19.8. The Bertz CT molecular complexity index is 720. The van der Waals surface area contributed by atoms with E-state index in [1.165, 1.54) is 4.90 Å². The van der Waals surface area contributed by atoms with E-state index >= 15 is 8.78 Å². The summed E-state index contributed by atoms with van der Waals surface area (Å²) >= 11 is 0. The molecule has 0 radical (unpaired) electrons. The fourth-order valence-electron chi connectivity index (χ4n) is 4.83. The van der Waals surface area contributed by atoms with E-state index in [-0.39, 0.29) is 31.5 Å². The lowest BCUT2D eigenvalue weighted by Crippen LogP contribution is -2.47. The number of alkyl halides is 2. The summed E-state index contributed by atoms with van der Waals surface area (Å²) in [7, 11) is 0. The van der Waals surface area contributed by atoms with Gasteiger partial charge in [0.2, 0.25) is 5.67 Å². The molecule has 1 aromatic heterocycles. The van der Waals surface area contributed by atoms with Crippen molar-refractivity contribution in [3.63, 3.8) is 0 Å². The van der Waals surface area contributed by atoms with Gasteiger partial charge >= 0.3 is 0 Å². The van der Waals surface area contributed by atoms with E-state index < -0.39 is 17.2 Å². The number of furan rings is 1. The number of carbonyl (C=O) groups excluding carboxylic acids is 1. The standard InChI is InChI=1S/C21H30F2N2O3/c1-15(18-4-3-16(2)28-18)5-8-24-12-20(22)13-25(19(26)21(20,23)14-24)11-17-6-9-27-10-7-17/h3-4,15,17H,5-14H2,1-2H3/t15-,20-,21+/m0/s1. The number of ether oxygens (including phenoxy) is 1. The summed E-state index contributed by atoms with van der Waals surface area (Å²) in [5.41, 5.74) is -4.53. The number of halogens is 2. The minimum atomic E-state index is -2.41. The summed E-state index contributed by atoms with van der Waals surface area (Å²) < 4.78 is 42.0. The molecule has 7 heteroatoms. The van der Waals surface area contributed by atoms with Gasteiger partial charge in [-0.2, -0.15) is 0 Å². The molecule has 0 bridgehead atoms. The Labute approximate surface area is 165 Å². The van der Waals surface area contributed by atoms with Gasteiger partial charge in [0.25, 0.3) is 5.91 Å². The minimum Gasteiger partial charge on any atom is -0.466 e. The molecule has 0 N–H and O–H groups in total. The maximum atomic E-state index is 15.5. The molecule has 3 aliphatic rings. The number of hydrogen-bond acceptors (Lipinski definition) is 4. The molecule has 0 saturated carbocycles. The molecule has 0 aliphatic carbocycles. The van der Waals surface area contributed by atoms with Crippen molar-refractivity contribution >= 4 is 5.91 Å². The first-order chi connectivity index (χ1) is 13.3. The van der Waals surface area contributed by atoms with Crippen molar-refractivity contribution in [2.24, 2.45) is 5.92 Å². The van der Waals surface area contributed by atoms with Crippen molar-refractivity contribution in [1.29, 1.82) is 0 Å². The van der Waals surface area contributed by atoms with Crippen molar-refractivity contribution < 1.29 is 22.7 Å². The molecular formula is C21H30F2N2O3. The van der Waals surface area contributed by atoms with E-state index in [1.54, 1.807) is 4.90 Å². The van der Waals surface area contributed by atoms with Crippen LogP contribution in [0.3, 0.4) is 0 Å². The van der Waals surface area contributed by atoms with Crippen LogP contribution in [0.1, 0.15) is 43.6 Å². The molecule has 1 aromatic rings. The lowest BCUT2D eigenvalue weighted by molar-refractivity contribution is -0.140. The highest BCUT2D eigenvalue weighted by Gasteiger charge is 2.70. The average Bonchev–Trinajstić information content (AvgIpc) is 3.26. The maximum Gasteiger partial charge on any atom is 0.265 e. The Morgan fingerprint density at radius 2 is 1.96 bits per heavy atom. The van der Waals surface area contributed by atoms with Crippen LogP contribution in [-0.2, 0) is 9.53 Å². The predicted octanol–water partition coefficient (Wildman–Crippen LogP) is 3.08. The topological polar surface area (TPSA) is 45.9 Å². The third kappa shape index (κ3) is 3.47. The first-order valence-electron chi connectivity index (χ1n) is 10.3. The summed E-state index contributed by atoms with van der Waals surface area (Å²) in [5.74, 6) is 1.52. The summed E-state index contributed by atoms with van der Waals surface area (Å²) in [6.45, 7) is 5.94. The molecule has 0 unspecified atom stereocenters. The number of aryl methyl sites for hydroxylation is 1. The Morgan fingerprint density at radius 1 is 1.21 bits per heavy atom. The van der Waals surface area contributed by atoms with Crippen molar-refractivity contribution in [3.05, 3.63) is 23.7 Å². The Balaban J connectivity index is 1.34. The second-order valence-electron chi connectivity index (χ2n) is 8.86. The molecule has 3 saturated heterocycles. The smallest absolute Gasteiger partial charge is 0.265 e. The van der Waals surface area contributed by atoms with Gasteiger partial charge in [0, 0.05) is 38.8 Å². The predicted molar refractivity (Wildman–Crippen MR) is 101 cm³/mol. The highest BCUT2D eigenvalue weighted by atomic mass is 19.2. The van der Waals surface area contributed by atoms with E-state index in [4.69, 9.17) is 9.15 Å². The van der Waals surface area contributed by atoms with Gasteiger partial charge in [-0.05, 0) is 50.8 Å². The van der Waals surface area contributed by atoms with Gasteiger partial charge < -0.3 is 14.1 Å². The number of likely N-dealkylation sites (tertiary alicyclic amines) is 2. The van der Waals surface area contributed by atoms with Crippen molar-refractivity contribution in [1.82, 2.24) is 9.80 Å². The fraction of sp³-hybridized carbons (Fsp3) is 0.762. The van der Waals surface area contributed by atoms with Crippen molar-refractivity contribution in [3.8, 4) is 0 Å². The third-order valence-electron chi connectivity index (χ3n) is 6.64. The third-order valence-corrected chi connectivity index (χ3v) is 6.64. The summed E-state index contributed by atoms with van der Waals surface area (Å²) in [4.78, 5) is 15.9. The van der Waals surface area contributed by atoms with Gasteiger partial charge in [-0.1, -0.05) is 6.92 Å². The molecule has 1 amide bonds. The Hall–Kier alpha value is -1.47. The summed E-state index contributed by atoms with van der Waals surface area (Å²) in [5, 5.41) is 0. The molecular weight excluding hydrogens is 366 g/mol.